The summed E-state index contributed by atoms with van der Waals surface area (Å²) in [5, 5.41) is 0. The van der Waals surface area contributed by atoms with Crippen LogP contribution in [0.1, 0.15) is 65.2 Å². The summed E-state index contributed by atoms with van der Waals surface area (Å²) in [6.07, 6.45) is 7.50. The Kier molecular flexibility index (Phi) is 7.44. The molecular formula is C12H28O3S. The van der Waals surface area contributed by atoms with Crippen molar-refractivity contribution in [2.45, 2.75) is 65.2 Å². The first-order valence-corrected chi connectivity index (χ1v) is 8.74. The van der Waals surface area contributed by atoms with Crippen LogP contribution in [-0.2, 0) is 9.63 Å². The molecule has 0 fully saturated rings. The largest absolute Gasteiger partial charge is 0.308 e. The quantitative estimate of drug-likeness (QED) is 0.579. The molecule has 0 saturated heterocycles. The average molecular weight is 252 g/mol. The van der Waals surface area contributed by atoms with Crippen LogP contribution in [0.2, 0.25) is 0 Å². The molecule has 0 amide bonds. The molecule has 0 bridgehead atoms. The van der Waals surface area contributed by atoms with Crippen LogP contribution in [0, 0.1) is 0 Å². The fourth-order valence-corrected chi connectivity index (χ4v) is 3.51. The van der Waals surface area contributed by atoms with Crippen LogP contribution in [0.3, 0.4) is 0 Å². The Labute approximate surface area is 100 Å². The lowest BCUT2D eigenvalue weighted by Gasteiger charge is -2.30. The first-order chi connectivity index (χ1) is 7.39. The van der Waals surface area contributed by atoms with Crippen LogP contribution in [-0.4, -0.2) is 24.8 Å². The minimum atomic E-state index is -4.27. The van der Waals surface area contributed by atoms with Crippen molar-refractivity contribution in [3.05, 3.63) is 0 Å². The number of unbranched alkanes of at least 4 members (excludes halogenated alkanes) is 6. The van der Waals surface area contributed by atoms with Crippen LogP contribution in [0.4, 0.5) is 0 Å². The van der Waals surface area contributed by atoms with Gasteiger partial charge in [-0.05, 0) is 12.8 Å². The molecule has 0 radical (unpaired) electrons. The molecule has 0 atom stereocenters. The highest BCUT2D eigenvalue weighted by atomic mass is 32.3. The summed E-state index contributed by atoms with van der Waals surface area (Å²) in [5.41, 5.74) is 0. The van der Waals surface area contributed by atoms with Gasteiger partial charge >= 0.3 is 0 Å². The topological polar surface area (TPSA) is 57.5 Å². The summed E-state index contributed by atoms with van der Waals surface area (Å²) in [6, 6.07) is 0. The summed E-state index contributed by atoms with van der Waals surface area (Å²) >= 11 is 0. The number of hydrogen-bond acceptors (Lipinski definition) is 1. The molecule has 0 heterocycles. The van der Waals surface area contributed by atoms with Gasteiger partial charge in [0.25, 0.3) is 0 Å². The summed E-state index contributed by atoms with van der Waals surface area (Å²) < 4.78 is 31.2. The van der Waals surface area contributed by atoms with E-state index in [0.29, 0.717) is 12.8 Å². The van der Waals surface area contributed by atoms with E-state index in [9.17, 15) is 13.3 Å². The first-order valence-electron chi connectivity index (χ1n) is 6.52. The lowest BCUT2D eigenvalue weighted by molar-refractivity contribution is 0.384. The van der Waals surface area contributed by atoms with Crippen LogP contribution in [0.15, 0.2) is 0 Å². The van der Waals surface area contributed by atoms with Gasteiger partial charge < -0.3 is 9.11 Å². The Hall–Kier alpha value is 0.0700. The van der Waals surface area contributed by atoms with E-state index in [-0.39, 0.29) is 11.5 Å². The van der Waals surface area contributed by atoms with Crippen LogP contribution in [0.5, 0.6) is 0 Å². The van der Waals surface area contributed by atoms with Gasteiger partial charge in [0.05, 0.1) is 9.63 Å². The molecule has 100 valence electrons. The zero-order valence-electron chi connectivity index (χ0n) is 10.8. The molecule has 0 aromatic heterocycles. The standard InChI is InChI=1S/C12H28O3S/c1-3-5-7-9-11-16(13,14,15)12-10-8-6-4-2/h3-12H2,1-2H3,(H2,13,14,15). The van der Waals surface area contributed by atoms with Gasteiger partial charge in [-0.25, -0.2) is 4.21 Å². The summed E-state index contributed by atoms with van der Waals surface area (Å²) in [5.74, 6) is 0.118. The monoisotopic (exact) mass is 252 g/mol. The third-order valence-electron chi connectivity index (χ3n) is 2.82. The SMILES string of the molecule is CCCCCCS(=O)(O)(O)CCCCCC. The summed E-state index contributed by atoms with van der Waals surface area (Å²) in [4.78, 5) is 0. The van der Waals surface area contributed by atoms with Crippen molar-refractivity contribution in [3.8, 4) is 0 Å². The van der Waals surface area contributed by atoms with E-state index in [1.807, 2.05) is 0 Å². The minimum Gasteiger partial charge on any atom is -0.308 e. The fraction of sp³-hybridized carbons (Fsp3) is 1.00. The molecule has 0 spiro atoms. The van der Waals surface area contributed by atoms with Gasteiger partial charge in [-0.3, -0.25) is 0 Å². The third-order valence-corrected chi connectivity index (χ3v) is 5.03. The zero-order chi connectivity index (χ0) is 12.5. The molecule has 0 aliphatic heterocycles. The van der Waals surface area contributed by atoms with Gasteiger partial charge in [-0.15, -0.1) is 0 Å². The molecular weight excluding hydrogens is 224 g/mol. The fourth-order valence-electron chi connectivity index (χ4n) is 1.74. The molecule has 0 aliphatic carbocycles. The van der Waals surface area contributed by atoms with E-state index in [4.69, 9.17) is 0 Å². The molecule has 16 heavy (non-hydrogen) atoms. The van der Waals surface area contributed by atoms with Crippen LogP contribution < -0.4 is 0 Å². The van der Waals surface area contributed by atoms with Crippen LogP contribution >= 0.6 is 0 Å². The van der Waals surface area contributed by atoms with Gasteiger partial charge in [-0.2, -0.15) is 0 Å². The van der Waals surface area contributed by atoms with E-state index < -0.39 is 9.63 Å². The number of rotatable bonds is 10. The molecule has 0 aliphatic rings. The lowest BCUT2D eigenvalue weighted by atomic mass is 10.2. The average Bonchev–Trinajstić information content (AvgIpc) is 2.19. The van der Waals surface area contributed by atoms with Crippen molar-refractivity contribution < 1.29 is 13.3 Å². The molecule has 0 unspecified atom stereocenters. The molecule has 4 heteroatoms. The maximum Gasteiger partial charge on any atom is 0.0826 e. The Morgan fingerprint density at radius 3 is 1.44 bits per heavy atom. The minimum absolute atomic E-state index is 0.0589. The van der Waals surface area contributed by atoms with Crippen molar-refractivity contribution in [1.82, 2.24) is 0 Å². The highest BCUT2D eigenvalue weighted by molar-refractivity contribution is 8.10. The highest BCUT2D eigenvalue weighted by Crippen LogP contribution is 2.21. The second-order valence-electron chi connectivity index (χ2n) is 4.72. The smallest absolute Gasteiger partial charge is 0.0826 e. The second-order valence-corrected chi connectivity index (χ2v) is 7.91. The predicted octanol–water partition coefficient (Wildman–Crippen LogP) is 3.91. The predicted molar refractivity (Wildman–Crippen MR) is 71.4 cm³/mol. The van der Waals surface area contributed by atoms with Crippen molar-refractivity contribution in [1.29, 1.82) is 0 Å². The highest BCUT2D eigenvalue weighted by Gasteiger charge is 2.28. The second kappa shape index (κ2) is 7.41. The maximum absolute atomic E-state index is 11.8. The Balaban J connectivity index is 3.80. The van der Waals surface area contributed by atoms with Gasteiger partial charge in [0.15, 0.2) is 0 Å². The molecule has 0 aromatic carbocycles. The summed E-state index contributed by atoms with van der Waals surface area (Å²) in [6.45, 7) is 4.19. The van der Waals surface area contributed by atoms with Gasteiger partial charge in [-0.1, -0.05) is 52.4 Å². The van der Waals surface area contributed by atoms with Gasteiger partial charge in [0.1, 0.15) is 0 Å². The molecule has 0 aromatic rings. The van der Waals surface area contributed by atoms with E-state index in [0.717, 1.165) is 38.5 Å². The van der Waals surface area contributed by atoms with Crippen molar-refractivity contribution in [3.63, 3.8) is 0 Å². The van der Waals surface area contributed by atoms with E-state index in [2.05, 4.69) is 13.8 Å². The van der Waals surface area contributed by atoms with Crippen molar-refractivity contribution in [2.24, 2.45) is 0 Å². The molecule has 2 N–H and O–H groups in total. The zero-order valence-corrected chi connectivity index (χ0v) is 11.6. The molecule has 0 rings (SSSR count). The maximum atomic E-state index is 11.8. The normalized spacial score (nSPS) is 14.6. The Morgan fingerprint density at radius 2 is 1.12 bits per heavy atom. The van der Waals surface area contributed by atoms with Gasteiger partial charge in [0.2, 0.25) is 0 Å². The van der Waals surface area contributed by atoms with E-state index in [1.165, 1.54) is 0 Å². The van der Waals surface area contributed by atoms with Crippen molar-refractivity contribution in [2.75, 3.05) is 11.5 Å². The van der Waals surface area contributed by atoms with E-state index in [1.54, 1.807) is 0 Å². The Morgan fingerprint density at radius 1 is 0.750 bits per heavy atom. The van der Waals surface area contributed by atoms with E-state index >= 15 is 0 Å². The lowest BCUT2D eigenvalue weighted by Crippen LogP contribution is -2.38. The Bertz CT molecular complexity index is 214. The molecule has 0 saturated carbocycles. The summed E-state index contributed by atoms with van der Waals surface area (Å²) in [7, 11) is -4.27. The van der Waals surface area contributed by atoms with Gasteiger partial charge in [0, 0.05) is 11.5 Å². The van der Waals surface area contributed by atoms with Crippen LogP contribution in [0.25, 0.3) is 0 Å². The van der Waals surface area contributed by atoms with Crippen molar-refractivity contribution >= 4 is 9.63 Å². The third kappa shape index (κ3) is 9.31. The molecule has 3 nitrogen and oxygen atoms in total. The number of hydrogen-bond donors (Lipinski definition) is 2. The first kappa shape index (κ1) is 16.1.